The fourth-order valence-corrected chi connectivity index (χ4v) is 3.33. The molecule has 0 aromatic carbocycles. The highest BCUT2D eigenvalue weighted by Gasteiger charge is 2.30. The number of hydrogen-bond donors (Lipinski definition) is 1. The van der Waals surface area contributed by atoms with Crippen LogP contribution >= 0.6 is 0 Å². The normalized spacial score (nSPS) is 15.2. The van der Waals surface area contributed by atoms with E-state index in [1.165, 1.54) is 16.9 Å². The average Bonchev–Trinajstić information content (AvgIpc) is 3.20. The van der Waals surface area contributed by atoms with Gasteiger partial charge in [0.25, 0.3) is 5.88 Å². The molecule has 2 N–H and O–H groups in total. The summed E-state index contributed by atoms with van der Waals surface area (Å²) in [6.45, 7) is 0.281. The van der Waals surface area contributed by atoms with Crippen LogP contribution in [-0.4, -0.2) is 50.2 Å². The molecule has 170 valence electrons. The lowest BCUT2D eigenvalue weighted by Crippen LogP contribution is -2.15. The zero-order chi connectivity index (χ0) is 23.8. The maximum absolute atomic E-state index is 12.5. The van der Waals surface area contributed by atoms with Crippen molar-refractivity contribution in [1.29, 1.82) is 0 Å². The number of hydrogen-bond acceptors (Lipinski definition) is 12. The standard InChI is InChI=1S/C21H13N5O8/c22-6-8-26-18-16-17(25-26)10-5-7-23-11(9-10)31-12(27)1-2-13(28)32-19(18)21-24-20(16)33-14(29)3-4-15(30)34-21/h1-5,7,9H,6,8,22H2. The summed E-state index contributed by atoms with van der Waals surface area (Å²) in [7, 11) is 0. The van der Waals surface area contributed by atoms with Crippen LogP contribution in [0.2, 0.25) is 0 Å². The number of ether oxygens (including phenoxy) is 4. The predicted molar refractivity (Wildman–Crippen MR) is 111 cm³/mol. The minimum atomic E-state index is -1.01. The third-order valence-corrected chi connectivity index (χ3v) is 4.64. The minimum Gasteiger partial charge on any atom is -0.415 e. The van der Waals surface area contributed by atoms with E-state index in [9.17, 15) is 19.2 Å². The summed E-state index contributed by atoms with van der Waals surface area (Å²) < 4.78 is 22.5. The molecule has 3 aromatic rings. The number of carbonyl (C=O) groups excluding carboxylic acids is 4. The van der Waals surface area contributed by atoms with Crippen molar-refractivity contribution in [2.24, 2.45) is 5.73 Å². The minimum absolute atomic E-state index is 0.0700. The van der Waals surface area contributed by atoms with Crippen molar-refractivity contribution >= 4 is 34.8 Å². The van der Waals surface area contributed by atoms with E-state index in [1.807, 2.05) is 0 Å². The molecule has 0 saturated heterocycles. The molecule has 0 fully saturated rings. The Balaban J connectivity index is 1.91. The molecule has 0 spiro atoms. The number of aromatic nitrogens is 4. The first-order valence-electron chi connectivity index (χ1n) is 9.77. The van der Waals surface area contributed by atoms with Crippen molar-refractivity contribution in [2.75, 3.05) is 6.54 Å². The third-order valence-electron chi connectivity index (χ3n) is 4.64. The number of pyridine rings is 2. The molecule has 2 aliphatic rings. The zero-order valence-corrected chi connectivity index (χ0v) is 17.1. The Morgan fingerprint density at radius 2 is 1.50 bits per heavy atom. The lowest BCUT2D eigenvalue weighted by Gasteiger charge is -2.12. The Morgan fingerprint density at radius 1 is 0.853 bits per heavy atom. The van der Waals surface area contributed by atoms with E-state index in [2.05, 4.69) is 15.1 Å². The summed E-state index contributed by atoms with van der Waals surface area (Å²) in [5, 5.41) is 4.69. The van der Waals surface area contributed by atoms with Crippen LogP contribution in [0, 0.1) is 0 Å². The molecular formula is C21H13N5O8. The molecule has 0 radical (unpaired) electrons. The highest BCUT2D eigenvalue weighted by molar-refractivity contribution is 6.05. The van der Waals surface area contributed by atoms with Gasteiger partial charge in [0, 0.05) is 48.7 Å². The largest absolute Gasteiger partial charge is 0.415 e. The van der Waals surface area contributed by atoms with Gasteiger partial charge >= 0.3 is 23.9 Å². The molecule has 5 heterocycles. The summed E-state index contributed by atoms with van der Waals surface area (Å²) in [5.41, 5.74) is 6.51. The fraction of sp³-hybridized carbons (Fsp3) is 0.0952. The Labute approximate surface area is 189 Å². The van der Waals surface area contributed by atoms with Gasteiger partial charge in [0.05, 0.1) is 11.9 Å². The molecular weight excluding hydrogens is 450 g/mol. The van der Waals surface area contributed by atoms with Gasteiger partial charge in [0.2, 0.25) is 17.5 Å². The summed E-state index contributed by atoms with van der Waals surface area (Å²) in [5.74, 6) is -4.82. The van der Waals surface area contributed by atoms with Crippen molar-refractivity contribution in [1.82, 2.24) is 19.7 Å². The smallest absolute Gasteiger partial charge is 0.337 e. The van der Waals surface area contributed by atoms with Gasteiger partial charge < -0.3 is 24.7 Å². The van der Waals surface area contributed by atoms with Gasteiger partial charge in [-0.25, -0.2) is 24.2 Å². The van der Waals surface area contributed by atoms with Crippen molar-refractivity contribution in [3.63, 3.8) is 0 Å². The Morgan fingerprint density at radius 3 is 2.21 bits per heavy atom. The Bertz CT molecular complexity index is 1460. The van der Waals surface area contributed by atoms with Crippen LogP contribution in [0.25, 0.3) is 22.2 Å². The molecule has 0 amide bonds. The molecule has 2 aliphatic heterocycles. The number of esters is 4. The van der Waals surface area contributed by atoms with E-state index in [1.54, 1.807) is 6.07 Å². The summed E-state index contributed by atoms with van der Waals surface area (Å²) >= 11 is 0. The number of nitrogens with zero attached hydrogens (tertiary/aromatic N) is 4. The number of carbonyl (C=O) groups is 4. The highest BCUT2D eigenvalue weighted by Crippen LogP contribution is 2.44. The molecule has 5 rings (SSSR count). The van der Waals surface area contributed by atoms with Crippen LogP contribution in [-0.2, 0) is 25.7 Å². The quantitative estimate of drug-likeness (QED) is 0.512. The van der Waals surface area contributed by atoms with Crippen molar-refractivity contribution in [2.45, 2.75) is 6.54 Å². The van der Waals surface area contributed by atoms with Crippen LogP contribution in [0.1, 0.15) is 0 Å². The molecule has 0 unspecified atom stereocenters. The summed E-state index contributed by atoms with van der Waals surface area (Å²) in [6.07, 6.45) is 4.75. The third kappa shape index (κ3) is 3.75. The molecule has 0 atom stereocenters. The maximum Gasteiger partial charge on any atom is 0.337 e. The van der Waals surface area contributed by atoms with Gasteiger partial charge in [-0.05, 0) is 6.07 Å². The number of rotatable bonds is 2. The molecule has 13 heteroatoms. The Hall–Kier alpha value is -4.91. The average molecular weight is 463 g/mol. The molecule has 3 aromatic heterocycles. The number of fused-ring (bicyclic) bond motifs is 6. The summed E-state index contributed by atoms with van der Waals surface area (Å²) in [4.78, 5) is 57.1. The summed E-state index contributed by atoms with van der Waals surface area (Å²) in [6, 6.07) is 3.00. The lowest BCUT2D eigenvalue weighted by molar-refractivity contribution is -0.132. The van der Waals surface area contributed by atoms with E-state index in [0.717, 1.165) is 24.3 Å². The van der Waals surface area contributed by atoms with Gasteiger partial charge in [-0.1, -0.05) is 0 Å². The van der Waals surface area contributed by atoms with E-state index < -0.39 is 29.8 Å². The zero-order valence-electron chi connectivity index (χ0n) is 17.1. The van der Waals surface area contributed by atoms with E-state index in [0.29, 0.717) is 5.56 Å². The SMILES string of the molecule is NCCn1nc2c3c4nc(c(c31)OC(=O)C=CC(=O)Oc1cc-2ccn1)OC(=O)C=CC(=O)O4. The second kappa shape index (κ2) is 8.22. The van der Waals surface area contributed by atoms with Gasteiger partial charge in [0.15, 0.2) is 0 Å². The highest BCUT2D eigenvalue weighted by atomic mass is 16.6. The monoisotopic (exact) mass is 463 g/mol. The first kappa shape index (κ1) is 21.0. The second-order valence-corrected chi connectivity index (χ2v) is 6.87. The van der Waals surface area contributed by atoms with Crippen LogP contribution in [0.5, 0.6) is 23.4 Å². The van der Waals surface area contributed by atoms with Gasteiger partial charge in [-0.3, -0.25) is 4.68 Å². The first-order chi connectivity index (χ1) is 16.4. The van der Waals surface area contributed by atoms with Crippen molar-refractivity contribution in [3.05, 3.63) is 42.6 Å². The van der Waals surface area contributed by atoms with Crippen LogP contribution < -0.4 is 24.7 Å². The van der Waals surface area contributed by atoms with Gasteiger partial charge in [0.1, 0.15) is 11.2 Å². The van der Waals surface area contributed by atoms with Crippen molar-refractivity contribution < 1.29 is 38.1 Å². The molecule has 0 saturated carbocycles. The van der Waals surface area contributed by atoms with E-state index >= 15 is 0 Å². The second-order valence-electron chi connectivity index (χ2n) is 6.87. The van der Waals surface area contributed by atoms with Crippen LogP contribution in [0.15, 0.2) is 42.6 Å². The predicted octanol–water partition coefficient (Wildman–Crippen LogP) is 0.213. The van der Waals surface area contributed by atoms with Crippen LogP contribution in [0.3, 0.4) is 0 Å². The van der Waals surface area contributed by atoms with Gasteiger partial charge in [-0.2, -0.15) is 10.1 Å². The van der Waals surface area contributed by atoms with E-state index in [4.69, 9.17) is 24.7 Å². The topological polar surface area (TPSA) is 175 Å². The van der Waals surface area contributed by atoms with Gasteiger partial charge in [-0.15, -0.1) is 0 Å². The van der Waals surface area contributed by atoms with Crippen LogP contribution in [0.4, 0.5) is 0 Å². The lowest BCUT2D eigenvalue weighted by atomic mass is 10.1. The van der Waals surface area contributed by atoms with Crippen molar-refractivity contribution in [3.8, 4) is 34.6 Å². The maximum atomic E-state index is 12.5. The molecule has 13 nitrogen and oxygen atoms in total. The molecule has 8 bridgehead atoms. The Kier molecular flexibility index (Phi) is 5.07. The number of nitrogens with two attached hydrogens (primary N) is 1. The molecule has 0 aliphatic carbocycles. The first-order valence-corrected chi connectivity index (χ1v) is 9.77. The molecule has 34 heavy (non-hydrogen) atoms. The fourth-order valence-electron chi connectivity index (χ4n) is 3.33. The van der Waals surface area contributed by atoms with E-state index in [-0.39, 0.29) is 47.2 Å².